The minimum Gasteiger partial charge on any atom is -0.468 e. The van der Waals surface area contributed by atoms with Crippen LogP contribution in [0.15, 0.2) is 41.0 Å². The third-order valence-corrected chi connectivity index (χ3v) is 4.09. The molecule has 3 rings (SSSR count). The summed E-state index contributed by atoms with van der Waals surface area (Å²) in [5, 5.41) is 3.60. The van der Waals surface area contributed by atoms with Gasteiger partial charge in [-0.2, -0.15) is 0 Å². The Morgan fingerprint density at radius 1 is 1.05 bits per heavy atom. The molecular weight excluding hydrogens is 234 g/mol. The standard InChI is InChI=1S/C17H21NO/c1-12(18-13(2)17-7-4-10-19-17)15-9-8-14-5-3-6-16(14)11-15/h4,7-13,18H,3,5-6H2,1-2H3/t12?,13-/m1/s1. The van der Waals surface area contributed by atoms with E-state index in [1.165, 1.54) is 36.0 Å². The molecule has 0 bridgehead atoms. The summed E-state index contributed by atoms with van der Waals surface area (Å²) in [6, 6.07) is 11.5. The molecule has 0 fully saturated rings. The highest BCUT2D eigenvalue weighted by Crippen LogP contribution is 2.26. The zero-order valence-electron chi connectivity index (χ0n) is 11.6. The van der Waals surface area contributed by atoms with Crippen molar-refractivity contribution in [1.82, 2.24) is 5.32 Å². The Morgan fingerprint density at radius 3 is 2.68 bits per heavy atom. The number of hydrogen-bond acceptors (Lipinski definition) is 2. The minimum absolute atomic E-state index is 0.234. The highest BCUT2D eigenvalue weighted by Gasteiger charge is 2.16. The van der Waals surface area contributed by atoms with Gasteiger partial charge in [0.15, 0.2) is 0 Å². The topological polar surface area (TPSA) is 25.2 Å². The normalized spacial score (nSPS) is 17.2. The van der Waals surface area contributed by atoms with Crippen LogP contribution < -0.4 is 5.32 Å². The van der Waals surface area contributed by atoms with E-state index in [1.54, 1.807) is 6.26 Å². The smallest absolute Gasteiger partial charge is 0.120 e. The molecule has 0 saturated heterocycles. The molecule has 1 aliphatic rings. The first-order valence-electron chi connectivity index (χ1n) is 7.15. The lowest BCUT2D eigenvalue weighted by atomic mass is 10.0. The Morgan fingerprint density at radius 2 is 1.89 bits per heavy atom. The van der Waals surface area contributed by atoms with Gasteiger partial charge in [-0.3, -0.25) is 0 Å². The second kappa shape index (κ2) is 5.22. The molecule has 19 heavy (non-hydrogen) atoms. The lowest BCUT2D eigenvalue weighted by Gasteiger charge is -2.19. The van der Waals surface area contributed by atoms with E-state index in [-0.39, 0.29) is 6.04 Å². The lowest BCUT2D eigenvalue weighted by Crippen LogP contribution is -2.22. The van der Waals surface area contributed by atoms with Crippen LogP contribution in [0.25, 0.3) is 0 Å². The molecule has 1 N–H and O–H groups in total. The Bertz CT molecular complexity index is 544. The first-order valence-corrected chi connectivity index (χ1v) is 7.15. The van der Waals surface area contributed by atoms with Gasteiger partial charge in [0.05, 0.1) is 12.3 Å². The van der Waals surface area contributed by atoms with Crippen LogP contribution in [0.4, 0.5) is 0 Å². The van der Waals surface area contributed by atoms with Crippen LogP contribution in [0.5, 0.6) is 0 Å². The molecule has 1 unspecified atom stereocenters. The van der Waals surface area contributed by atoms with Gasteiger partial charge in [0.2, 0.25) is 0 Å². The third-order valence-electron chi connectivity index (χ3n) is 4.09. The summed E-state index contributed by atoms with van der Waals surface area (Å²) in [5.74, 6) is 0.994. The number of aryl methyl sites for hydroxylation is 2. The van der Waals surface area contributed by atoms with Crippen LogP contribution in [0.3, 0.4) is 0 Å². The fourth-order valence-electron chi connectivity index (χ4n) is 2.95. The number of furan rings is 1. The Labute approximate surface area is 114 Å². The third kappa shape index (κ3) is 2.59. The van der Waals surface area contributed by atoms with Crippen molar-refractivity contribution in [3.05, 3.63) is 59.0 Å². The summed E-state index contributed by atoms with van der Waals surface area (Å²) in [5.41, 5.74) is 4.45. The monoisotopic (exact) mass is 255 g/mol. The van der Waals surface area contributed by atoms with Crippen molar-refractivity contribution < 1.29 is 4.42 Å². The van der Waals surface area contributed by atoms with E-state index in [1.807, 2.05) is 12.1 Å². The highest BCUT2D eigenvalue weighted by molar-refractivity contribution is 5.36. The van der Waals surface area contributed by atoms with Gasteiger partial charge < -0.3 is 9.73 Å². The van der Waals surface area contributed by atoms with Crippen LogP contribution in [0, 0.1) is 0 Å². The molecule has 0 saturated carbocycles. The number of fused-ring (bicyclic) bond motifs is 1. The van der Waals surface area contributed by atoms with Crippen LogP contribution in [-0.2, 0) is 12.8 Å². The van der Waals surface area contributed by atoms with Crippen LogP contribution >= 0.6 is 0 Å². The van der Waals surface area contributed by atoms with E-state index in [2.05, 4.69) is 37.4 Å². The summed E-state index contributed by atoms with van der Waals surface area (Å²) in [4.78, 5) is 0. The molecule has 2 atom stereocenters. The van der Waals surface area contributed by atoms with Crippen molar-refractivity contribution in [3.63, 3.8) is 0 Å². The van der Waals surface area contributed by atoms with Gasteiger partial charge in [0.25, 0.3) is 0 Å². The zero-order chi connectivity index (χ0) is 13.2. The number of nitrogens with one attached hydrogen (secondary N) is 1. The minimum atomic E-state index is 0.234. The van der Waals surface area contributed by atoms with E-state index in [0.29, 0.717) is 6.04 Å². The Hall–Kier alpha value is -1.54. The number of rotatable bonds is 4. The van der Waals surface area contributed by atoms with Crippen molar-refractivity contribution in [2.75, 3.05) is 0 Å². The molecule has 1 aliphatic carbocycles. The maximum absolute atomic E-state index is 5.44. The first-order chi connectivity index (χ1) is 9.24. The summed E-state index contributed by atoms with van der Waals surface area (Å²) in [7, 11) is 0. The Kier molecular flexibility index (Phi) is 3.43. The summed E-state index contributed by atoms with van der Waals surface area (Å²) >= 11 is 0. The van der Waals surface area contributed by atoms with Crippen molar-refractivity contribution in [2.45, 2.75) is 45.2 Å². The van der Waals surface area contributed by atoms with Crippen molar-refractivity contribution in [1.29, 1.82) is 0 Å². The fraction of sp³-hybridized carbons (Fsp3) is 0.412. The van der Waals surface area contributed by atoms with Gasteiger partial charge in [-0.1, -0.05) is 18.2 Å². The molecule has 0 aliphatic heterocycles. The summed E-state index contributed by atoms with van der Waals surface area (Å²) < 4.78 is 5.44. The number of hydrogen-bond donors (Lipinski definition) is 1. The van der Waals surface area contributed by atoms with Gasteiger partial charge in [-0.25, -0.2) is 0 Å². The predicted molar refractivity (Wildman–Crippen MR) is 77.1 cm³/mol. The van der Waals surface area contributed by atoms with Crippen LogP contribution in [0.2, 0.25) is 0 Å². The van der Waals surface area contributed by atoms with Gasteiger partial charge in [-0.05, 0) is 61.9 Å². The summed E-state index contributed by atoms with van der Waals surface area (Å²) in [6.45, 7) is 4.36. The van der Waals surface area contributed by atoms with Crippen molar-refractivity contribution in [2.24, 2.45) is 0 Å². The van der Waals surface area contributed by atoms with Crippen molar-refractivity contribution >= 4 is 0 Å². The maximum Gasteiger partial charge on any atom is 0.120 e. The van der Waals surface area contributed by atoms with E-state index in [0.717, 1.165) is 5.76 Å². The van der Waals surface area contributed by atoms with E-state index < -0.39 is 0 Å². The molecule has 1 heterocycles. The van der Waals surface area contributed by atoms with Gasteiger partial charge in [0, 0.05) is 6.04 Å². The largest absolute Gasteiger partial charge is 0.468 e. The molecular formula is C17H21NO. The average molecular weight is 255 g/mol. The van der Waals surface area contributed by atoms with E-state index >= 15 is 0 Å². The molecule has 1 aromatic heterocycles. The lowest BCUT2D eigenvalue weighted by molar-refractivity contribution is 0.403. The second-order valence-electron chi connectivity index (χ2n) is 5.51. The van der Waals surface area contributed by atoms with E-state index in [4.69, 9.17) is 4.42 Å². The van der Waals surface area contributed by atoms with E-state index in [9.17, 15) is 0 Å². The molecule has 0 radical (unpaired) electrons. The predicted octanol–water partition coefficient (Wildman–Crippen LogP) is 4.18. The van der Waals surface area contributed by atoms with Gasteiger partial charge >= 0.3 is 0 Å². The highest BCUT2D eigenvalue weighted by atomic mass is 16.3. The molecule has 0 amide bonds. The molecule has 2 nitrogen and oxygen atoms in total. The van der Waals surface area contributed by atoms with Gasteiger partial charge in [0.1, 0.15) is 5.76 Å². The average Bonchev–Trinajstić information content (AvgIpc) is 3.09. The molecule has 100 valence electrons. The fourth-order valence-corrected chi connectivity index (χ4v) is 2.95. The first kappa shape index (κ1) is 12.5. The van der Waals surface area contributed by atoms with Crippen LogP contribution in [0.1, 0.15) is 54.8 Å². The Balaban J connectivity index is 1.72. The molecule has 2 aromatic rings. The zero-order valence-corrected chi connectivity index (χ0v) is 11.6. The number of benzene rings is 1. The molecule has 0 spiro atoms. The quantitative estimate of drug-likeness (QED) is 0.886. The SMILES string of the molecule is CC(N[C@H](C)c1ccco1)c1ccc2c(c1)CCC2. The van der Waals surface area contributed by atoms with Crippen LogP contribution in [-0.4, -0.2) is 0 Å². The van der Waals surface area contributed by atoms with Crippen molar-refractivity contribution in [3.8, 4) is 0 Å². The second-order valence-corrected chi connectivity index (χ2v) is 5.51. The maximum atomic E-state index is 5.44. The van der Waals surface area contributed by atoms with Gasteiger partial charge in [-0.15, -0.1) is 0 Å². The molecule has 2 heteroatoms. The summed E-state index contributed by atoms with van der Waals surface area (Å²) in [6.07, 6.45) is 5.53. The molecule has 1 aromatic carbocycles.